The molecule has 6 nitrogen and oxygen atoms in total. The van der Waals surface area contributed by atoms with Crippen molar-refractivity contribution in [2.24, 2.45) is 11.1 Å². The van der Waals surface area contributed by atoms with Crippen molar-refractivity contribution in [3.63, 3.8) is 0 Å². The summed E-state index contributed by atoms with van der Waals surface area (Å²) in [5.41, 5.74) is 5.74. The Balaban J connectivity index is 0.00000324. The molecule has 0 heterocycles. The zero-order valence-electron chi connectivity index (χ0n) is 11.0. The van der Waals surface area contributed by atoms with E-state index in [-0.39, 0.29) is 18.1 Å². The van der Waals surface area contributed by atoms with Crippen LogP contribution >= 0.6 is 12.4 Å². The Morgan fingerprint density at radius 1 is 1.37 bits per heavy atom. The van der Waals surface area contributed by atoms with E-state index in [0.29, 0.717) is 5.56 Å². The molecule has 1 atom stereocenters. The Kier molecular flexibility index (Phi) is 5.92. The SMILES string of the molecule is COC(=O)C(C)(C)[C@H](N)c1ccc([N+](=O)[O-])cc1.Cl. The lowest BCUT2D eigenvalue weighted by atomic mass is 9.81. The summed E-state index contributed by atoms with van der Waals surface area (Å²) in [6, 6.07) is 5.23. The van der Waals surface area contributed by atoms with Crippen molar-refractivity contribution in [1.29, 1.82) is 0 Å². The van der Waals surface area contributed by atoms with Gasteiger partial charge in [-0.05, 0) is 19.4 Å². The van der Waals surface area contributed by atoms with Crippen LogP contribution in [0.1, 0.15) is 25.5 Å². The fourth-order valence-electron chi connectivity index (χ4n) is 1.61. The molecule has 19 heavy (non-hydrogen) atoms. The van der Waals surface area contributed by atoms with Gasteiger partial charge in [-0.25, -0.2) is 0 Å². The van der Waals surface area contributed by atoms with Crippen LogP contribution in [-0.4, -0.2) is 18.0 Å². The third-order valence-corrected chi connectivity index (χ3v) is 2.95. The van der Waals surface area contributed by atoms with Crippen LogP contribution in [-0.2, 0) is 9.53 Å². The highest BCUT2D eigenvalue weighted by Crippen LogP contribution is 2.33. The van der Waals surface area contributed by atoms with E-state index in [9.17, 15) is 14.9 Å². The fraction of sp³-hybridized carbons (Fsp3) is 0.417. The third kappa shape index (κ3) is 3.65. The molecule has 106 valence electrons. The number of hydrogen-bond acceptors (Lipinski definition) is 5. The minimum absolute atomic E-state index is 0. The van der Waals surface area contributed by atoms with Crippen molar-refractivity contribution in [1.82, 2.24) is 0 Å². The summed E-state index contributed by atoms with van der Waals surface area (Å²) in [7, 11) is 1.30. The number of rotatable bonds is 4. The molecule has 7 heteroatoms. The van der Waals surface area contributed by atoms with E-state index in [4.69, 9.17) is 10.5 Å². The van der Waals surface area contributed by atoms with Crippen LogP contribution in [0.2, 0.25) is 0 Å². The number of nitro groups is 1. The Morgan fingerprint density at radius 3 is 2.21 bits per heavy atom. The lowest BCUT2D eigenvalue weighted by molar-refractivity contribution is -0.384. The summed E-state index contributed by atoms with van der Waals surface area (Å²) in [6.07, 6.45) is 0. The van der Waals surface area contributed by atoms with E-state index < -0.39 is 22.3 Å². The first-order chi connectivity index (χ1) is 8.30. The molecule has 0 spiro atoms. The molecule has 0 amide bonds. The van der Waals surface area contributed by atoms with E-state index in [1.807, 2.05) is 0 Å². The smallest absolute Gasteiger partial charge is 0.313 e. The number of halogens is 1. The summed E-state index contributed by atoms with van der Waals surface area (Å²) < 4.78 is 4.69. The number of nitrogens with zero attached hydrogens (tertiary/aromatic N) is 1. The third-order valence-electron chi connectivity index (χ3n) is 2.95. The Hall–Kier alpha value is -1.66. The molecule has 0 saturated carbocycles. The van der Waals surface area contributed by atoms with Gasteiger partial charge >= 0.3 is 5.97 Å². The van der Waals surface area contributed by atoms with Gasteiger partial charge in [0, 0.05) is 18.2 Å². The van der Waals surface area contributed by atoms with Crippen LogP contribution in [0.4, 0.5) is 5.69 Å². The maximum atomic E-state index is 11.6. The number of methoxy groups -OCH3 is 1. The lowest BCUT2D eigenvalue weighted by Crippen LogP contribution is -2.37. The molecule has 0 aromatic heterocycles. The van der Waals surface area contributed by atoms with Gasteiger partial charge in [0.2, 0.25) is 0 Å². The Bertz CT molecular complexity index is 459. The second kappa shape index (κ2) is 6.49. The van der Waals surface area contributed by atoms with Gasteiger partial charge < -0.3 is 10.5 Å². The van der Waals surface area contributed by atoms with Crippen molar-refractivity contribution < 1.29 is 14.5 Å². The molecule has 0 radical (unpaired) electrons. The van der Waals surface area contributed by atoms with Crippen LogP contribution in [0.3, 0.4) is 0 Å². The van der Waals surface area contributed by atoms with Crippen LogP contribution in [0.25, 0.3) is 0 Å². The minimum Gasteiger partial charge on any atom is -0.469 e. The van der Waals surface area contributed by atoms with Crippen LogP contribution < -0.4 is 5.73 Å². The average Bonchev–Trinajstić information content (AvgIpc) is 2.36. The van der Waals surface area contributed by atoms with Gasteiger partial charge in [-0.15, -0.1) is 12.4 Å². The first-order valence-corrected chi connectivity index (χ1v) is 5.39. The molecule has 0 unspecified atom stereocenters. The van der Waals surface area contributed by atoms with Crippen molar-refractivity contribution in [2.75, 3.05) is 7.11 Å². The average molecular weight is 289 g/mol. The number of esters is 1. The van der Waals surface area contributed by atoms with Gasteiger partial charge in [-0.2, -0.15) is 0 Å². The first-order valence-electron chi connectivity index (χ1n) is 5.39. The molecule has 1 rings (SSSR count). The number of ether oxygens (including phenoxy) is 1. The highest BCUT2D eigenvalue weighted by molar-refractivity contribution is 5.85. The number of nitrogens with two attached hydrogens (primary N) is 1. The van der Waals surface area contributed by atoms with Crippen molar-refractivity contribution in [3.8, 4) is 0 Å². The normalized spacial score (nSPS) is 12.2. The summed E-state index contributed by atoms with van der Waals surface area (Å²) in [5.74, 6) is -0.423. The predicted octanol–water partition coefficient (Wildman–Crippen LogP) is 2.22. The first kappa shape index (κ1) is 17.3. The van der Waals surface area contributed by atoms with Crippen LogP contribution in [0.15, 0.2) is 24.3 Å². The Labute approximate surface area is 117 Å². The molecular formula is C12H17ClN2O4. The van der Waals surface area contributed by atoms with Crippen molar-refractivity contribution >= 4 is 24.1 Å². The van der Waals surface area contributed by atoms with E-state index >= 15 is 0 Å². The molecular weight excluding hydrogens is 272 g/mol. The molecule has 0 bridgehead atoms. The van der Waals surface area contributed by atoms with Crippen molar-refractivity contribution in [2.45, 2.75) is 19.9 Å². The second-order valence-electron chi connectivity index (χ2n) is 4.54. The molecule has 0 fully saturated rings. The largest absolute Gasteiger partial charge is 0.469 e. The van der Waals surface area contributed by atoms with Crippen LogP contribution in [0.5, 0.6) is 0 Å². The number of non-ortho nitro benzene ring substituents is 1. The summed E-state index contributed by atoms with van der Waals surface area (Å²) in [4.78, 5) is 21.7. The van der Waals surface area contributed by atoms with E-state index in [1.54, 1.807) is 26.0 Å². The summed E-state index contributed by atoms with van der Waals surface area (Å²) >= 11 is 0. The highest BCUT2D eigenvalue weighted by Gasteiger charge is 2.36. The number of carbonyl (C=O) groups excluding carboxylic acids is 1. The van der Waals surface area contributed by atoms with E-state index in [2.05, 4.69) is 0 Å². The topological polar surface area (TPSA) is 95.5 Å². The molecule has 0 aliphatic carbocycles. The van der Waals surface area contributed by atoms with Gasteiger partial charge in [0.15, 0.2) is 0 Å². The maximum Gasteiger partial charge on any atom is 0.313 e. The highest BCUT2D eigenvalue weighted by atomic mass is 35.5. The van der Waals surface area contributed by atoms with Gasteiger partial charge in [0.25, 0.3) is 5.69 Å². The molecule has 0 aliphatic heterocycles. The molecule has 0 aliphatic rings. The van der Waals surface area contributed by atoms with Gasteiger partial charge in [-0.3, -0.25) is 14.9 Å². The van der Waals surface area contributed by atoms with E-state index in [1.165, 1.54) is 19.2 Å². The number of carbonyl (C=O) groups is 1. The zero-order chi connectivity index (χ0) is 13.9. The lowest BCUT2D eigenvalue weighted by Gasteiger charge is -2.28. The monoisotopic (exact) mass is 288 g/mol. The van der Waals surface area contributed by atoms with E-state index in [0.717, 1.165) is 0 Å². The number of nitro benzene ring substituents is 1. The number of hydrogen-bond donors (Lipinski definition) is 1. The molecule has 1 aromatic carbocycles. The molecule has 2 N–H and O–H groups in total. The minimum atomic E-state index is -0.898. The standard InChI is InChI=1S/C12H16N2O4.ClH/c1-12(2,11(15)18-3)10(13)8-4-6-9(7-5-8)14(16)17;/h4-7,10H,13H2,1-3H3;1H/t10-;/m1./s1. The summed E-state index contributed by atoms with van der Waals surface area (Å²) in [5, 5.41) is 10.5. The quantitative estimate of drug-likeness (QED) is 0.520. The Morgan fingerprint density at radius 2 is 1.84 bits per heavy atom. The van der Waals surface area contributed by atoms with Gasteiger partial charge in [0.05, 0.1) is 17.4 Å². The van der Waals surface area contributed by atoms with Crippen molar-refractivity contribution in [3.05, 3.63) is 39.9 Å². The van der Waals surface area contributed by atoms with Crippen LogP contribution in [0, 0.1) is 15.5 Å². The number of benzene rings is 1. The zero-order valence-corrected chi connectivity index (χ0v) is 11.8. The van der Waals surface area contributed by atoms with Gasteiger partial charge in [0.1, 0.15) is 0 Å². The molecule has 0 saturated heterocycles. The fourth-order valence-corrected chi connectivity index (χ4v) is 1.61. The predicted molar refractivity (Wildman–Crippen MR) is 73.1 cm³/mol. The molecule has 1 aromatic rings. The maximum absolute atomic E-state index is 11.6. The summed E-state index contributed by atoms with van der Waals surface area (Å²) in [6.45, 7) is 3.34. The second-order valence-corrected chi connectivity index (χ2v) is 4.54. The van der Waals surface area contributed by atoms with Gasteiger partial charge in [-0.1, -0.05) is 12.1 Å².